The first-order chi connectivity index (χ1) is 12.3. The SMILES string of the molecule is CS[C@@H]1CN(C(=O)c2csc(-c3ccccn3)n2)C[C@H]1N1CCCC1. The quantitative estimate of drug-likeness (QED) is 0.824. The van der Waals surface area contributed by atoms with Gasteiger partial charge in [-0.3, -0.25) is 14.7 Å². The lowest BCUT2D eigenvalue weighted by atomic mass is 10.2. The molecule has 5 nitrogen and oxygen atoms in total. The van der Waals surface area contributed by atoms with Gasteiger partial charge >= 0.3 is 0 Å². The van der Waals surface area contributed by atoms with Crippen molar-refractivity contribution >= 4 is 29.0 Å². The number of thioether (sulfide) groups is 1. The molecular weight excluding hydrogens is 352 g/mol. The lowest BCUT2D eigenvalue weighted by molar-refractivity contribution is 0.0775. The summed E-state index contributed by atoms with van der Waals surface area (Å²) < 4.78 is 0. The van der Waals surface area contributed by atoms with Crippen molar-refractivity contribution in [3.63, 3.8) is 0 Å². The van der Waals surface area contributed by atoms with E-state index in [1.165, 1.54) is 37.3 Å². The second-order valence-electron chi connectivity index (χ2n) is 6.55. The van der Waals surface area contributed by atoms with Gasteiger partial charge in [-0.1, -0.05) is 6.07 Å². The normalized spacial score (nSPS) is 24.1. The van der Waals surface area contributed by atoms with Crippen LogP contribution in [-0.2, 0) is 0 Å². The first-order valence-electron chi connectivity index (χ1n) is 8.69. The summed E-state index contributed by atoms with van der Waals surface area (Å²) in [5.74, 6) is 0.0548. The van der Waals surface area contributed by atoms with E-state index in [2.05, 4.69) is 21.1 Å². The van der Waals surface area contributed by atoms with Gasteiger partial charge < -0.3 is 4.90 Å². The van der Waals surface area contributed by atoms with E-state index in [9.17, 15) is 4.79 Å². The van der Waals surface area contributed by atoms with Gasteiger partial charge in [0.2, 0.25) is 0 Å². The summed E-state index contributed by atoms with van der Waals surface area (Å²) in [6.45, 7) is 3.98. The Bertz CT molecular complexity index is 730. The Kier molecular flexibility index (Phi) is 5.05. The number of hydrogen-bond acceptors (Lipinski definition) is 6. The van der Waals surface area contributed by atoms with Gasteiger partial charge in [0.15, 0.2) is 0 Å². The second-order valence-corrected chi connectivity index (χ2v) is 8.48. The summed E-state index contributed by atoms with van der Waals surface area (Å²) in [6.07, 6.45) is 6.47. The molecule has 0 aromatic carbocycles. The maximum Gasteiger partial charge on any atom is 0.273 e. The van der Waals surface area contributed by atoms with Crippen molar-refractivity contribution in [2.45, 2.75) is 24.1 Å². The Labute approximate surface area is 156 Å². The van der Waals surface area contributed by atoms with Crippen LogP contribution in [0.4, 0.5) is 0 Å². The number of hydrogen-bond donors (Lipinski definition) is 0. The van der Waals surface area contributed by atoms with Crippen molar-refractivity contribution in [2.75, 3.05) is 32.4 Å². The lowest BCUT2D eigenvalue weighted by Gasteiger charge is -2.26. The molecule has 2 fully saturated rings. The third kappa shape index (κ3) is 3.45. The number of likely N-dealkylation sites (tertiary alicyclic amines) is 2. The fourth-order valence-electron chi connectivity index (χ4n) is 3.72. The fraction of sp³-hybridized carbons (Fsp3) is 0.500. The highest BCUT2D eigenvalue weighted by Crippen LogP contribution is 2.29. The van der Waals surface area contributed by atoms with E-state index in [1.807, 2.05) is 40.2 Å². The van der Waals surface area contributed by atoms with Gasteiger partial charge in [0, 0.05) is 36.0 Å². The van der Waals surface area contributed by atoms with Gasteiger partial charge in [0.1, 0.15) is 10.7 Å². The van der Waals surface area contributed by atoms with Crippen LogP contribution in [0.2, 0.25) is 0 Å². The molecular formula is C18H22N4OS2. The molecule has 25 heavy (non-hydrogen) atoms. The molecule has 0 N–H and O–H groups in total. The van der Waals surface area contributed by atoms with E-state index < -0.39 is 0 Å². The van der Waals surface area contributed by atoms with Crippen molar-refractivity contribution < 1.29 is 4.79 Å². The van der Waals surface area contributed by atoms with Crippen molar-refractivity contribution in [3.05, 3.63) is 35.5 Å². The molecule has 0 radical (unpaired) electrons. The van der Waals surface area contributed by atoms with Gasteiger partial charge in [0.25, 0.3) is 5.91 Å². The minimum Gasteiger partial charge on any atom is -0.334 e. The zero-order valence-corrected chi connectivity index (χ0v) is 15.9. The van der Waals surface area contributed by atoms with E-state index in [0.29, 0.717) is 17.0 Å². The number of carbonyl (C=O) groups excluding carboxylic acids is 1. The standard InChI is InChI=1S/C18H22N4OS2/c1-24-16-11-22(10-15(16)21-8-4-5-9-21)18(23)14-12-25-17(20-14)13-6-2-3-7-19-13/h2-3,6-7,12,15-16H,4-5,8-11H2,1H3/t15-,16-/m1/s1. The Morgan fingerprint density at radius 1 is 1.28 bits per heavy atom. The van der Waals surface area contributed by atoms with Crippen LogP contribution >= 0.6 is 23.1 Å². The van der Waals surface area contributed by atoms with Crippen LogP contribution in [-0.4, -0.2) is 69.4 Å². The van der Waals surface area contributed by atoms with Crippen LogP contribution in [0.5, 0.6) is 0 Å². The summed E-state index contributed by atoms with van der Waals surface area (Å²) >= 11 is 3.37. The molecule has 2 aromatic heterocycles. The van der Waals surface area contributed by atoms with Crippen LogP contribution in [0.1, 0.15) is 23.3 Å². The van der Waals surface area contributed by atoms with Gasteiger partial charge in [-0.15, -0.1) is 11.3 Å². The number of rotatable bonds is 4. The Morgan fingerprint density at radius 3 is 2.84 bits per heavy atom. The maximum absolute atomic E-state index is 12.9. The van der Waals surface area contributed by atoms with Gasteiger partial charge in [-0.25, -0.2) is 4.98 Å². The summed E-state index contributed by atoms with van der Waals surface area (Å²) in [4.78, 5) is 26.4. The molecule has 1 amide bonds. The summed E-state index contributed by atoms with van der Waals surface area (Å²) in [6, 6.07) is 6.23. The predicted molar refractivity (Wildman–Crippen MR) is 103 cm³/mol. The third-order valence-corrected chi connectivity index (χ3v) is 6.98. The molecule has 4 heterocycles. The van der Waals surface area contributed by atoms with Gasteiger partial charge in [0.05, 0.1) is 5.69 Å². The van der Waals surface area contributed by atoms with Crippen LogP contribution in [0.3, 0.4) is 0 Å². The zero-order chi connectivity index (χ0) is 17.2. The smallest absolute Gasteiger partial charge is 0.273 e. The Balaban J connectivity index is 1.49. The average Bonchev–Trinajstić information content (AvgIpc) is 3.41. The Morgan fingerprint density at radius 2 is 2.12 bits per heavy atom. The molecule has 2 aliphatic heterocycles. The molecule has 2 saturated heterocycles. The van der Waals surface area contributed by atoms with Gasteiger partial charge in [-0.05, 0) is 44.3 Å². The summed E-state index contributed by atoms with van der Waals surface area (Å²) in [5.41, 5.74) is 1.37. The van der Waals surface area contributed by atoms with Crippen LogP contribution < -0.4 is 0 Å². The first-order valence-corrected chi connectivity index (χ1v) is 10.9. The fourth-order valence-corrected chi connectivity index (χ4v) is 5.39. The van der Waals surface area contributed by atoms with E-state index in [1.54, 1.807) is 6.20 Å². The molecule has 0 spiro atoms. The number of amides is 1. The minimum atomic E-state index is 0.0548. The molecule has 132 valence electrons. The monoisotopic (exact) mass is 374 g/mol. The molecule has 7 heteroatoms. The molecule has 0 bridgehead atoms. The number of carbonyl (C=O) groups is 1. The molecule has 4 rings (SSSR count). The van der Waals surface area contributed by atoms with Crippen molar-refractivity contribution in [1.82, 2.24) is 19.8 Å². The molecule has 2 aliphatic rings. The van der Waals surface area contributed by atoms with E-state index in [0.717, 1.165) is 23.8 Å². The van der Waals surface area contributed by atoms with Crippen molar-refractivity contribution in [1.29, 1.82) is 0 Å². The molecule has 2 aromatic rings. The number of aromatic nitrogens is 2. The third-order valence-electron chi connectivity index (χ3n) is 5.04. The van der Waals surface area contributed by atoms with Crippen molar-refractivity contribution in [3.8, 4) is 10.7 Å². The Hall–Kier alpha value is -1.44. The summed E-state index contributed by atoms with van der Waals surface area (Å²) in [7, 11) is 0. The first kappa shape index (κ1) is 17.0. The largest absolute Gasteiger partial charge is 0.334 e. The number of thiazole rings is 1. The van der Waals surface area contributed by atoms with Crippen molar-refractivity contribution in [2.24, 2.45) is 0 Å². The van der Waals surface area contributed by atoms with Crippen LogP contribution in [0, 0.1) is 0 Å². The second kappa shape index (κ2) is 7.43. The maximum atomic E-state index is 12.9. The molecule has 0 unspecified atom stereocenters. The topological polar surface area (TPSA) is 49.3 Å². The van der Waals surface area contributed by atoms with Gasteiger partial charge in [-0.2, -0.15) is 11.8 Å². The highest BCUT2D eigenvalue weighted by molar-refractivity contribution is 7.99. The average molecular weight is 375 g/mol. The highest BCUT2D eigenvalue weighted by Gasteiger charge is 2.39. The summed E-state index contributed by atoms with van der Waals surface area (Å²) in [5, 5.41) is 3.17. The predicted octanol–water partition coefficient (Wildman–Crippen LogP) is 2.86. The zero-order valence-electron chi connectivity index (χ0n) is 14.3. The lowest BCUT2D eigenvalue weighted by Crippen LogP contribution is -2.40. The van der Waals surface area contributed by atoms with Crippen LogP contribution in [0.15, 0.2) is 29.8 Å². The highest BCUT2D eigenvalue weighted by atomic mass is 32.2. The molecule has 2 atom stereocenters. The van der Waals surface area contributed by atoms with E-state index >= 15 is 0 Å². The van der Waals surface area contributed by atoms with E-state index in [-0.39, 0.29) is 5.91 Å². The van der Waals surface area contributed by atoms with Crippen LogP contribution in [0.25, 0.3) is 10.7 Å². The number of pyridine rings is 1. The number of nitrogens with zero attached hydrogens (tertiary/aromatic N) is 4. The minimum absolute atomic E-state index is 0.0548. The molecule has 0 saturated carbocycles. The van der Waals surface area contributed by atoms with E-state index in [4.69, 9.17) is 0 Å². The molecule has 0 aliphatic carbocycles.